The van der Waals surface area contributed by atoms with E-state index in [0.717, 1.165) is 13.2 Å². The molecule has 0 radical (unpaired) electrons. The number of benzene rings is 5. The molecule has 62 heavy (non-hydrogen) atoms. The van der Waals surface area contributed by atoms with Crippen molar-refractivity contribution in [3.63, 3.8) is 0 Å². The summed E-state index contributed by atoms with van der Waals surface area (Å²) in [5, 5.41) is 43.3. The van der Waals surface area contributed by atoms with E-state index in [1.54, 1.807) is 31.2 Å². The van der Waals surface area contributed by atoms with Crippen LogP contribution in [-0.4, -0.2) is 76.6 Å². The molecule has 0 saturated heterocycles. The van der Waals surface area contributed by atoms with E-state index in [1.165, 1.54) is 73.8 Å². The number of aromatic carboxylic acids is 1. The lowest BCUT2D eigenvalue weighted by Gasteiger charge is -2.16. The van der Waals surface area contributed by atoms with E-state index in [1.807, 2.05) is 0 Å². The topological polar surface area (TPSA) is 288 Å². The molecular formula is C43H36N6O13. The highest BCUT2D eigenvalue weighted by Crippen LogP contribution is 2.40. The highest BCUT2D eigenvalue weighted by atomic mass is 16.5. The fraction of sp³-hybridized carbons (Fsp3) is 0.0930. The van der Waals surface area contributed by atoms with Crippen LogP contribution in [0.2, 0.25) is 0 Å². The van der Waals surface area contributed by atoms with E-state index in [9.17, 15) is 48.9 Å². The van der Waals surface area contributed by atoms with Crippen molar-refractivity contribution in [3.05, 3.63) is 135 Å². The largest absolute Gasteiger partial charge is 0.504 e. The van der Waals surface area contributed by atoms with Gasteiger partial charge >= 0.3 is 11.7 Å². The number of carbonyl (C=O) groups excluding carboxylic acids is 5. The highest BCUT2D eigenvalue weighted by Gasteiger charge is 2.24. The summed E-state index contributed by atoms with van der Waals surface area (Å²) < 4.78 is 15.3. The maximum absolute atomic E-state index is 13.1. The first-order valence-electron chi connectivity index (χ1n) is 18.2. The van der Waals surface area contributed by atoms with Crippen molar-refractivity contribution >= 4 is 75.4 Å². The molecule has 1 heterocycles. The van der Waals surface area contributed by atoms with Crippen molar-refractivity contribution in [2.75, 3.05) is 42.0 Å². The average molecular weight is 845 g/mol. The molecule has 5 amide bonds. The van der Waals surface area contributed by atoms with Gasteiger partial charge in [0.1, 0.15) is 5.56 Å². The number of aromatic amines is 1. The van der Waals surface area contributed by atoms with E-state index in [-0.39, 0.29) is 52.0 Å². The van der Waals surface area contributed by atoms with E-state index in [0.29, 0.717) is 33.6 Å². The van der Waals surface area contributed by atoms with Gasteiger partial charge in [0, 0.05) is 28.1 Å². The van der Waals surface area contributed by atoms with Crippen LogP contribution in [-0.2, 0) is 9.59 Å². The van der Waals surface area contributed by atoms with Crippen LogP contribution in [0.1, 0.15) is 53.9 Å². The normalized spacial score (nSPS) is 11.0. The van der Waals surface area contributed by atoms with Crippen molar-refractivity contribution in [2.24, 2.45) is 0 Å². The molecule has 0 fully saturated rings. The van der Waals surface area contributed by atoms with E-state index in [4.69, 9.17) is 13.9 Å². The number of rotatable bonds is 14. The number of amides is 5. The van der Waals surface area contributed by atoms with Gasteiger partial charge in [-0.15, -0.1) is 0 Å². The van der Waals surface area contributed by atoms with E-state index in [2.05, 4.69) is 31.6 Å². The predicted molar refractivity (Wildman–Crippen MR) is 225 cm³/mol. The Bertz CT molecular complexity index is 2840. The van der Waals surface area contributed by atoms with Gasteiger partial charge in [-0.3, -0.25) is 29.0 Å². The number of carboxylic acids is 1. The van der Waals surface area contributed by atoms with Crippen molar-refractivity contribution in [2.45, 2.75) is 6.92 Å². The molecule has 9 N–H and O–H groups in total. The summed E-state index contributed by atoms with van der Waals surface area (Å²) in [6.07, 6.45) is 1.64. The van der Waals surface area contributed by atoms with Gasteiger partial charge in [-0.25, -0.2) is 9.59 Å². The molecule has 0 unspecified atom stereocenters. The minimum absolute atomic E-state index is 0.00393. The summed E-state index contributed by atoms with van der Waals surface area (Å²) >= 11 is 0. The van der Waals surface area contributed by atoms with Gasteiger partial charge in [-0.05, 0) is 103 Å². The molecule has 6 aromatic rings. The van der Waals surface area contributed by atoms with Gasteiger partial charge in [0.05, 0.1) is 43.2 Å². The minimum atomic E-state index is -1.42. The Morgan fingerprint density at radius 1 is 0.677 bits per heavy atom. The lowest BCUT2D eigenvalue weighted by atomic mass is 10.1. The van der Waals surface area contributed by atoms with Crippen LogP contribution in [0.3, 0.4) is 0 Å². The number of carbonyl (C=O) groups is 6. The smallest absolute Gasteiger partial charge is 0.417 e. The van der Waals surface area contributed by atoms with Crippen molar-refractivity contribution in [1.29, 1.82) is 0 Å². The highest BCUT2D eigenvalue weighted by molar-refractivity contribution is 6.11. The lowest BCUT2D eigenvalue weighted by molar-refractivity contribution is -0.115. The van der Waals surface area contributed by atoms with Gasteiger partial charge in [-0.1, -0.05) is 6.07 Å². The predicted octanol–water partition coefficient (Wildman–Crippen LogP) is 5.16. The molecule has 316 valence electrons. The Morgan fingerprint density at radius 3 is 1.82 bits per heavy atom. The van der Waals surface area contributed by atoms with Gasteiger partial charge in [0.25, 0.3) is 23.6 Å². The second-order valence-electron chi connectivity index (χ2n) is 13.2. The van der Waals surface area contributed by atoms with Crippen LogP contribution in [0.15, 0.2) is 106 Å². The SMILES string of the molecule is COc1c(NC(=O)c2ccc(NC(=O)c3ccc(NC(=O)CNC(=O)c4ccc(NC(=O)/C(C)=C/c5ccc6oc(=O)[nH]c6c5)cc4)cc3)c(OC)c2O)ccc(C(=O)O)c1O. The monoisotopic (exact) mass is 844 g/mol. The number of hydrogen-bond donors (Lipinski definition) is 9. The number of methoxy groups -OCH3 is 2. The summed E-state index contributed by atoms with van der Waals surface area (Å²) in [5.41, 5.74) is 2.24. The number of phenolic OH excluding ortho intramolecular Hbond substituents is 1. The van der Waals surface area contributed by atoms with Gasteiger partial charge in [0.15, 0.2) is 28.6 Å². The fourth-order valence-corrected chi connectivity index (χ4v) is 5.97. The molecule has 19 heteroatoms. The zero-order valence-electron chi connectivity index (χ0n) is 32.9. The number of anilines is 4. The zero-order valence-corrected chi connectivity index (χ0v) is 32.9. The first-order chi connectivity index (χ1) is 29.6. The second-order valence-corrected chi connectivity index (χ2v) is 13.2. The van der Waals surface area contributed by atoms with Gasteiger partial charge in [0.2, 0.25) is 5.91 Å². The van der Waals surface area contributed by atoms with Crippen molar-refractivity contribution < 1.29 is 58.0 Å². The molecule has 0 spiro atoms. The molecule has 19 nitrogen and oxygen atoms in total. The maximum Gasteiger partial charge on any atom is 0.417 e. The summed E-state index contributed by atoms with van der Waals surface area (Å²) in [5.74, 6) is -6.93. The van der Waals surface area contributed by atoms with Crippen LogP contribution in [0.4, 0.5) is 22.7 Å². The summed E-state index contributed by atoms with van der Waals surface area (Å²) in [7, 11) is 2.37. The standard InChI is InChI=1S/C43H36N6O13/c1-21(18-22-4-17-32-31(19-22)49-43(59)62-32)38(53)46-26-11-5-23(6-12-26)39(54)44-20-33(50)45-25-9-7-24(8-10-25)40(55)47-29-15-13-27(34(51)36(29)60-2)41(56)48-30-16-14-28(42(57)58)35(52)37(30)61-3/h4-19,51-52H,20H2,1-3H3,(H,44,54)(H,45,50)(H,46,53)(H,47,55)(H,48,56)(H,49,59)(H,57,58)/b21-18+. The third-order valence-electron chi connectivity index (χ3n) is 9.07. The number of ether oxygens (including phenoxy) is 2. The number of nitrogens with one attached hydrogen (secondary N) is 6. The zero-order chi connectivity index (χ0) is 44.7. The van der Waals surface area contributed by atoms with Crippen LogP contribution in [0.5, 0.6) is 23.0 Å². The average Bonchev–Trinajstić information content (AvgIpc) is 3.62. The number of H-pyrrole nitrogens is 1. The summed E-state index contributed by atoms with van der Waals surface area (Å²) in [4.78, 5) is 89.6. The Balaban J connectivity index is 0.989. The number of fused-ring (bicyclic) bond motifs is 1. The minimum Gasteiger partial charge on any atom is -0.504 e. The molecule has 0 bridgehead atoms. The Kier molecular flexibility index (Phi) is 12.7. The number of carboxylic acid groups (broad SMARTS) is 1. The lowest BCUT2D eigenvalue weighted by Crippen LogP contribution is -2.32. The third-order valence-corrected chi connectivity index (χ3v) is 9.07. The van der Waals surface area contributed by atoms with Gasteiger partial charge in [-0.2, -0.15) is 0 Å². The molecule has 0 saturated carbocycles. The van der Waals surface area contributed by atoms with Crippen LogP contribution in [0, 0.1) is 0 Å². The van der Waals surface area contributed by atoms with Crippen LogP contribution >= 0.6 is 0 Å². The molecule has 0 aliphatic rings. The Morgan fingerprint density at radius 2 is 1.23 bits per heavy atom. The molecule has 0 atom stereocenters. The van der Waals surface area contributed by atoms with Crippen molar-refractivity contribution in [3.8, 4) is 23.0 Å². The van der Waals surface area contributed by atoms with E-state index < -0.39 is 52.4 Å². The molecule has 0 aliphatic carbocycles. The Labute approximate surface area is 350 Å². The van der Waals surface area contributed by atoms with Gasteiger partial charge < -0.3 is 55.8 Å². The number of hydrogen-bond acceptors (Lipinski definition) is 12. The van der Waals surface area contributed by atoms with Crippen LogP contribution in [0.25, 0.3) is 17.2 Å². The van der Waals surface area contributed by atoms with Crippen LogP contribution < -0.4 is 41.8 Å². The quantitative estimate of drug-likeness (QED) is 0.0641. The van der Waals surface area contributed by atoms with Crippen molar-refractivity contribution in [1.82, 2.24) is 10.3 Å². The summed E-state index contributed by atoms with van der Waals surface area (Å²) in [6.45, 7) is 1.24. The molecule has 6 rings (SSSR count). The second kappa shape index (κ2) is 18.4. The Hall–Kier alpha value is -8.87. The summed E-state index contributed by atoms with van der Waals surface area (Å²) in [6, 6.07) is 21.5. The maximum atomic E-state index is 13.1. The molecule has 5 aromatic carbocycles. The number of oxazole rings is 1. The molecular weight excluding hydrogens is 809 g/mol. The molecule has 0 aliphatic heterocycles. The molecule has 1 aromatic heterocycles. The third kappa shape index (κ3) is 9.69. The van der Waals surface area contributed by atoms with E-state index >= 15 is 0 Å². The number of aromatic nitrogens is 1. The number of aromatic hydroxyl groups is 2. The fourth-order valence-electron chi connectivity index (χ4n) is 5.97. The first-order valence-corrected chi connectivity index (χ1v) is 18.2. The first kappa shape index (κ1) is 42.7. The number of phenols is 2.